The summed E-state index contributed by atoms with van der Waals surface area (Å²) in [6, 6.07) is 0.626. The lowest BCUT2D eigenvalue weighted by molar-refractivity contribution is -0.134. The smallest absolute Gasteiger partial charge is 0.224 e. The molecule has 1 N–H and O–H groups in total. The van der Waals surface area contributed by atoms with E-state index in [1.807, 2.05) is 0 Å². The monoisotopic (exact) mass is 276 g/mol. The fourth-order valence-corrected chi connectivity index (χ4v) is 2.72. The van der Waals surface area contributed by atoms with Crippen LogP contribution in [0.4, 0.5) is 0 Å². The number of halogens is 1. The predicted octanol–water partition coefficient (Wildman–Crippen LogP) is 1.58. The first-order valence-electron chi connectivity index (χ1n) is 6.88. The first kappa shape index (κ1) is 15.7. The molecule has 0 aromatic carbocycles. The van der Waals surface area contributed by atoms with Gasteiger partial charge in [-0.2, -0.15) is 0 Å². The van der Waals surface area contributed by atoms with Crippen molar-refractivity contribution < 1.29 is 9.53 Å². The minimum absolute atomic E-state index is 0. The molecule has 0 radical (unpaired) electrons. The molecule has 2 fully saturated rings. The standard InChI is InChI=1S/C13H24N2O2.ClH/c1-11-5-3-2-4-7-15(11)13(16)9-12-10-17-8-6-14-12;/h11-12,14H,2-10H2,1H3;1H. The molecule has 1 amide bonds. The van der Waals surface area contributed by atoms with Gasteiger partial charge in [0.15, 0.2) is 0 Å². The Balaban J connectivity index is 0.00000162. The molecule has 0 aliphatic carbocycles. The van der Waals surface area contributed by atoms with Gasteiger partial charge in [0.05, 0.1) is 13.2 Å². The number of ether oxygens (including phenoxy) is 1. The first-order chi connectivity index (χ1) is 8.27. The van der Waals surface area contributed by atoms with Crippen molar-refractivity contribution in [2.24, 2.45) is 0 Å². The topological polar surface area (TPSA) is 41.6 Å². The van der Waals surface area contributed by atoms with Gasteiger partial charge in [-0.25, -0.2) is 0 Å². The highest BCUT2D eigenvalue weighted by Gasteiger charge is 2.25. The zero-order valence-electron chi connectivity index (χ0n) is 11.2. The van der Waals surface area contributed by atoms with Gasteiger partial charge in [0.25, 0.3) is 0 Å². The molecule has 2 unspecified atom stereocenters. The SMILES string of the molecule is CC1CCCCCN1C(=O)CC1COCCN1.Cl. The summed E-state index contributed by atoms with van der Waals surface area (Å²) in [6.45, 7) is 5.42. The number of carbonyl (C=O) groups is 1. The fourth-order valence-electron chi connectivity index (χ4n) is 2.72. The highest BCUT2D eigenvalue weighted by Crippen LogP contribution is 2.17. The number of nitrogens with zero attached hydrogens (tertiary/aromatic N) is 1. The van der Waals surface area contributed by atoms with E-state index in [0.29, 0.717) is 25.0 Å². The van der Waals surface area contributed by atoms with Gasteiger partial charge >= 0.3 is 0 Å². The van der Waals surface area contributed by atoms with Crippen molar-refractivity contribution in [2.45, 2.75) is 51.1 Å². The largest absolute Gasteiger partial charge is 0.378 e. The van der Waals surface area contributed by atoms with Crippen molar-refractivity contribution in [1.82, 2.24) is 10.2 Å². The van der Waals surface area contributed by atoms with Crippen LogP contribution >= 0.6 is 12.4 Å². The minimum Gasteiger partial charge on any atom is -0.378 e. The van der Waals surface area contributed by atoms with E-state index in [4.69, 9.17) is 4.74 Å². The third-order valence-electron chi connectivity index (χ3n) is 3.79. The molecule has 2 aliphatic rings. The molecule has 2 rings (SSSR count). The molecule has 0 bridgehead atoms. The summed E-state index contributed by atoms with van der Waals surface area (Å²) in [5.74, 6) is 0.294. The maximum atomic E-state index is 12.3. The van der Waals surface area contributed by atoms with E-state index in [9.17, 15) is 4.79 Å². The Hall–Kier alpha value is -0.320. The quantitative estimate of drug-likeness (QED) is 0.833. The van der Waals surface area contributed by atoms with Crippen LogP contribution in [-0.4, -0.2) is 49.2 Å². The maximum absolute atomic E-state index is 12.3. The van der Waals surface area contributed by atoms with E-state index in [-0.39, 0.29) is 18.4 Å². The lowest BCUT2D eigenvalue weighted by Crippen LogP contribution is -2.46. The summed E-state index contributed by atoms with van der Waals surface area (Å²) in [7, 11) is 0. The number of hydrogen-bond donors (Lipinski definition) is 1. The summed E-state index contributed by atoms with van der Waals surface area (Å²) in [5, 5.41) is 3.35. The summed E-state index contributed by atoms with van der Waals surface area (Å²) < 4.78 is 5.39. The second-order valence-electron chi connectivity index (χ2n) is 5.22. The van der Waals surface area contributed by atoms with Crippen LogP contribution in [0.3, 0.4) is 0 Å². The van der Waals surface area contributed by atoms with Crippen LogP contribution in [0.2, 0.25) is 0 Å². The number of rotatable bonds is 2. The van der Waals surface area contributed by atoms with Gasteiger partial charge in [-0.1, -0.05) is 12.8 Å². The highest BCUT2D eigenvalue weighted by molar-refractivity contribution is 5.85. The molecule has 5 heteroatoms. The molecule has 2 atom stereocenters. The average Bonchev–Trinajstić information content (AvgIpc) is 2.55. The number of hydrogen-bond acceptors (Lipinski definition) is 3. The zero-order valence-corrected chi connectivity index (χ0v) is 12.0. The lowest BCUT2D eigenvalue weighted by Gasteiger charge is -2.30. The fraction of sp³-hybridized carbons (Fsp3) is 0.923. The Morgan fingerprint density at radius 3 is 2.94 bits per heavy atom. The summed E-state index contributed by atoms with van der Waals surface area (Å²) in [6.07, 6.45) is 5.42. The Morgan fingerprint density at radius 1 is 1.39 bits per heavy atom. The number of morpholine rings is 1. The lowest BCUT2D eigenvalue weighted by atomic mass is 10.1. The van der Waals surface area contributed by atoms with E-state index in [0.717, 1.165) is 32.5 Å². The van der Waals surface area contributed by atoms with E-state index in [1.165, 1.54) is 12.8 Å². The van der Waals surface area contributed by atoms with Gasteiger partial charge in [0.2, 0.25) is 5.91 Å². The molecule has 18 heavy (non-hydrogen) atoms. The Kier molecular flexibility index (Phi) is 6.97. The van der Waals surface area contributed by atoms with Crippen molar-refractivity contribution in [3.8, 4) is 0 Å². The van der Waals surface area contributed by atoms with E-state index in [1.54, 1.807) is 0 Å². The van der Waals surface area contributed by atoms with E-state index in [2.05, 4.69) is 17.1 Å². The van der Waals surface area contributed by atoms with Crippen molar-refractivity contribution in [3.05, 3.63) is 0 Å². The molecular weight excluding hydrogens is 252 g/mol. The molecule has 2 aliphatic heterocycles. The number of likely N-dealkylation sites (tertiary alicyclic amines) is 1. The molecule has 4 nitrogen and oxygen atoms in total. The molecule has 0 aromatic heterocycles. The third kappa shape index (κ3) is 4.41. The van der Waals surface area contributed by atoms with Crippen LogP contribution in [0.1, 0.15) is 39.0 Å². The highest BCUT2D eigenvalue weighted by atomic mass is 35.5. The minimum atomic E-state index is 0. The van der Waals surface area contributed by atoms with Gasteiger partial charge in [0, 0.05) is 31.6 Å². The summed E-state index contributed by atoms with van der Waals surface area (Å²) in [4.78, 5) is 14.3. The molecule has 0 aromatic rings. The van der Waals surface area contributed by atoms with Crippen LogP contribution < -0.4 is 5.32 Å². The molecule has 0 spiro atoms. The third-order valence-corrected chi connectivity index (χ3v) is 3.79. The first-order valence-corrected chi connectivity index (χ1v) is 6.88. The van der Waals surface area contributed by atoms with Crippen LogP contribution in [0.25, 0.3) is 0 Å². The number of carbonyl (C=O) groups excluding carboxylic acids is 1. The van der Waals surface area contributed by atoms with Gasteiger partial charge in [0.1, 0.15) is 0 Å². The molecule has 2 saturated heterocycles. The van der Waals surface area contributed by atoms with Crippen LogP contribution in [0.15, 0.2) is 0 Å². The molecule has 0 saturated carbocycles. The van der Waals surface area contributed by atoms with Crippen molar-refractivity contribution in [3.63, 3.8) is 0 Å². The Bertz CT molecular complexity index is 257. The second kappa shape index (κ2) is 7.97. The number of amides is 1. The van der Waals surface area contributed by atoms with Gasteiger partial charge in [-0.3, -0.25) is 4.79 Å². The molecular formula is C13H25ClN2O2. The normalized spacial score (nSPS) is 29.3. The van der Waals surface area contributed by atoms with E-state index >= 15 is 0 Å². The van der Waals surface area contributed by atoms with Crippen molar-refractivity contribution in [1.29, 1.82) is 0 Å². The second-order valence-corrected chi connectivity index (χ2v) is 5.22. The van der Waals surface area contributed by atoms with Gasteiger partial charge < -0.3 is 15.0 Å². The average molecular weight is 277 g/mol. The predicted molar refractivity (Wildman–Crippen MR) is 74.1 cm³/mol. The molecule has 2 heterocycles. The van der Waals surface area contributed by atoms with Crippen LogP contribution in [0.5, 0.6) is 0 Å². The van der Waals surface area contributed by atoms with Crippen LogP contribution in [-0.2, 0) is 9.53 Å². The Labute approximate surface area is 116 Å². The Morgan fingerprint density at radius 2 is 2.22 bits per heavy atom. The van der Waals surface area contributed by atoms with Crippen LogP contribution in [0, 0.1) is 0 Å². The van der Waals surface area contributed by atoms with Crippen molar-refractivity contribution in [2.75, 3.05) is 26.3 Å². The molecule has 106 valence electrons. The van der Waals surface area contributed by atoms with Crippen molar-refractivity contribution >= 4 is 18.3 Å². The van der Waals surface area contributed by atoms with Gasteiger partial charge in [-0.15, -0.1) is 12.4 Å². The summed E-state index contributed by atoms with van der Waals surface area (Å²) in [5.41, 5.74) is 0. The number of nitrogens with one attached hydrogen (secondary N) is 1. The summed E-state index contributed by atoms with van der Waals surface area (Å²) >= 11 is 0. The van der Waals surface area contributed by atoms with Gasteiger partial charge in [-0.05, 0) is 19.8 Å². The maximum Gasteiger partial charge on any atom is 0.224 e. The van der Waals surface area contributed by atoms with E-state index < -0.39 is 0 Å². The zero-order chi connectivity index (χ0) is 12.1.